The molecule has 1 aromatic carbocycles. The van der Waals surface area contributed by atoms with E-state index in [2.05, 4.69) is 25.7 Å². The van der Waals surface area contributed by atoms with Gasteiger partial charge in [0.15, 0.2) is 0 Å². The number of nitro groups is 1. The molecule has 0 amide bonds. The molecule has 2 rings (SSSR count). The van der Waals surface area contributed by atoms with Gasteiger partial charge in [-0.25, -0.2) is 0 Å². The van der Waals surface area contributed by atoms with Crippen molar-refractivity contribution in [2.75, 3.05) is 23.7 Å². The maximum absolute atomic E-state index is 10.8. The van der Waals surface area contributed by atoms with Crippen LogP contribution >= 0.6 is 0 Å². The molecule has 0 saturated carbocycles. The van der Waals surface area contributed by atoms with Gasteiger partial charge in [-0.1, -0.05) is 20.8 Å². The predicted molar refractivity (Wildman–Crippen MR) is 86.5 cm³/mol. The molecule has 21 heavy (non-hydrogen) atoms. The van der Waals surface area contributed by atoms with Crippen LogP contribution in [0.2, 0.25) is 0 Å². The second-order valence-corrected chi connectivity index (χ2v) is 6.98. The molecule has 1 aliphatic rings. The number of nitro benzene ring substituents is 1. The number of nitrogens with zero attached hydrogens (tertiary/aromatic N) is 2. The first-order valence-electron chi connectivity index (χ1n) is 7.58. The Labute approximate surface area is 126 Å². The molecule has 0 aliphatic carbocycles. The molecule has 1 unspecified atom stereocenters. The molecule has 0 aromatic heterocycles. The van der Waals surface area contributed by atoms with E-state index in [1.165, 1.54) is 12.5 Å². The molecule has 1 aromatic rings. The van der Waals surface area contributed by atoms with Crippen molar-refractivity contribution in [3.8, 4) is 0 Å². The van der Waals surface area contributed by atoms with Gasteiger partial charge in [0.1, 0.15) is 5.69 Å². The Morgan fingerprint density at radius 2 is 2.00 bits per heavy atom. The van der Waals surface area contributed by atoms with Crippen LogP contribution in [0.3, 0.4) is 0 Å². The second kappa shape index (κ2) is 5.92. The second-order valence-electron chi connectivity index (χ2n) is 6.98. The first kappa shape index (κ1) is 15.6. The highest BCUT2D eigenvalue weighted by atomic mass is 16.6. The number of hydrogen-bond donors (Lipinski definition) is 1. The van der Waals surface area contributed by atoms with E-state index in [0.29, 0.717) is 5.41 Å². The maximum atomic E-state index is 10.8. The standard InChI is InChI=1S/C16H25N3O2/c1-16(2,3)12-5-4-9-18(10-8-12)13-6-7-15(19(20)21)14(17)11-13/h6-7,11-12H,4-5,8-10,17H2,1-3H3. The van der Waals surface area contributed by atoms with Gasteiger partial charge in [-0.05, 0) is 42.7 Å². The molecule has 0 bridgehead atoms. The number of anilines is 2. The van der Waals surface area contributed by atoms with Gasteiger partial charge in [-0.3, -0.25) is 10.1 Å². The highest BCUT2D eigenvalue weighted by Gasteiger charge is 2.27. The normalized spacial score (nSPS) is 20.1. The highest BCUT2D eigenvalue weighted by Crippen LogP contribution is 2.36. The first-order chi connectivity index (χ1) is 9.79. The van der Waals surface area contributed by atoms with Crippen molar-refractivity contribution in [3.63, 3.8) is 0 Å². The summed E-state index contributed by atoms with van der Waals surface area (Å²) in [5, 5.41) is 10.8. The number of benzene rings is 1. The summed E-state index contributed by atoms with van der Waals surface area (Å²) in [5.74, 6) is 0.720. The largest absolute Gasteiger partial charge is 0.393 e. The Morgan fingerprint density at radius 3 is 2.57 bits per heavy atom. The van der Waals surface area contributed by atoms with E-state index in [1.807, 2.05) is 6.07 Å². The zero-order chi connectivity index (χ0) is 15.6. The van der Waals surface area contributed by atoms with Crippen molar-refractivity contribution in [1.29, 1.82) is 0 Å². The number of nitrogens with two attached hydrogens (primary N) is 1. The fourth-order valence-electron chi connectivity index (χ4n) is 3.13. The van der Waals surface area contributed by atoms with Gasteiger partial charge in [-0.2, -0.15) is 0 Å². The summed E-state index contributed by atoms with van der Waals surface area (Å²) in [6, 6.07) is 5.05. The van der Waals surface area contributed by atoms with Gasteiger partial charge >= 0.3 is 0 Å². The van der Waals surface area contributed by atoms with Crippen molar-refractivity contribution < 1.29 is 4.92 Å². The van der Waals surface area contributed by atoms with Gasteiger partial charge < -0.3 is 10.6 Å². The molecule has 1 atom stereocenters. The minimum atomic E-state index is -0.433. The molecule has 5 heteroatoms. The molecule has 2 N–H and O–H groups in total. The zero-order valence-electron chi connectivity index (χ0n) is 13.1. The van der Waals surface area contributed by atoms with E-state index in [1.54, 1.807) is 6.07 Å². The minimum Gasteiger partial charge on any atom is -0.393 e. The van der Waals surface area contributed by atoms with Crippen LogP contribution in [0, 0.1) is 21.4 Å². The zero-order valence-corrected chi connectivity index (χ0v) is 13.1. The third kappa shape index (κ3) is 3.65. The van der Waals surface area contributed by atoms with Crippen LogP contribution in [0.1, 0.15) is 40.0 Å². The molecular weight excluding hydrogens is 266 g/mol. The maximum Gasteiger partial charge on any atom is 0.292 e. The lowest BCUT2D eigenvalue weighted by molar-refractivity contribution is -0.383. The van der Waals surface area contributed by atoms with Crippen LogP contribution in [-0.2, 0) is 0 Å². The Bertz CT molecular complexity index is 523. The van der Waals surface area contributed by atoms with Crippen molar-refractivity contribution in [1.82, 2.24) is 0 Å². The van der Waals surface area contributed by atoms with E-state index in [-0.39, 0.29) is 11.4 Å². The number of rotatable bonds is 2. The summed E-state index contributed by atoms with van der Waals surface area (Å²) >= 11 is 0. The quantitative estimate of drug-likeness (QED) is 0.510. The average Bonchev–Trinajstić information content (AvgIpc) is 2.63. The topological polar surface area (TPSA) is 72.4 Å². The van der Waals surface area contributed by atoms with Crippen molar-refractivity contribution in [3.05, 3.63) is 28.3 Å². The minimum absolute atomic E-state index is 0.0128. The Hall–Kier alpha value is -1.78. The smallest absolute Gasteiger partial charge is 0.292 e. The van der Waals surface area contributed by atoms with Crippen LogP contribution in [0.4, 0.5) is 17.1 Å². The van der Waals surface area contributed by atoms with Gasteiger partial charge in [-0.15, -0.1) is 0 Å². The molecule has 0 radical (unpaired) electrons. The van der Waals surface area contributed by atoms with E-state index >= 15 is 0 Å². The molecular formula is C16H25N3O2. The average molecular weight is 291 g/mol. The van der Waals surface area contributed by atoms with Crippen LogP contribution in [0.15, 0.2) is 18.2 Å². The number of nitrogen functional groups attached to an aromatic ring is 1. The molecule has 5 nitrogen and oxygen atoms in total. The van der Waals surface area contributed by atoms with Gasteiger partial charge in [0.05, 0.1) is 4.92 Å². The van der Waals surface area contributed by atoms with Crippen LogP contribution < -0.4 is 10.6 Å². The van der Waals surface area contributed by atoms with Gasteiger partial charge in [0.25, 0.3) is 5.69 Å². The SMILES string of the molecule is CC(C)(C)C1CCCN(c2ccc([N+](=O)[O-])c(N)c2)CC1. The molecule has 1 saturated heterocycles. The summed E-state index contributed by atoms with van der Waals surface area (Å²) in [6.07, 6.45) is 3.54. The lowest BCUT2D eigenvalue weighted by Gasteiger charge is -2.30. The van der Waals surface area contributed by atoms with E-state index in [9.17, 15) is 10.1 Å². The Balaban J connectivity index is 2.13. The Morgan fingerprint density at radius 1 is 1.29 bits per heavy atom. The molecule has 1 fully saturated rings. The van der Waals surface area contributed by atoms with Gasteiger partial charge in [0.2, 0.25) is 0 Å². The summed E-state index contributed by atoms with van der Waals surface area (Å²) in [6.45, 7) is 8.88. The van der Waals surface area contributed by atoms with Crippen LogP contribution in [0.5, 0.6) is 0 Å². The molecule has 1 heterocycles. The van der Waals surface area contributed by atoms with E-state index < -0.39 is 4.92 Å². The number of hydrogen-bond acceptors (Lipinski definition) is 4. The van der Waals surface area contributed by atoms with Crippen LogP contribution in [-0.4, -0.2) is 18.0 Å². The monoisotopic (exact) mass is 291 g/mol. The fourth-order valence-corrected chi connectivity index (χ4v) is 3.13. The molecule has 1 aliphatic heterocycles. The summed E-state index contributed by atoms with van der Waals surface area (Å²) in [4.78, 5) is 12.7. The predicted octanol–water partition coefficient (Wildman–Crippen LogP) is 3.83. The summed E-state index contributed by atoms with van der Waals surface area (Å²) < 4.78 is 0. The van der Waals surface area contributed by atoms with Crippen molar-refractivity contribution in [2.45, 2.75) is 40.0 Å². The van der Waals surface area contributed by atoms with Crippen molar-refractivity contribution in [2.24, 2.45) is 11.3 Å². The molecule has 0 spiro atoms. The van der Waals surface area contributed by atoms with E-state index in [4.69, 9.17) is 5.73 Å². The van der Waals surface area contributed by atoms with Crippen molar-refractivity contribution >= 4 is 17.1 Å². The third-order valence-electron chi connectivity index (χ3n) is 4.53. The van der Waals surface area contributed by atoms with Gasteiger partial charge in [0, 0.05) is 24.8 Å². The van der Waals surface area contributed by atoms with E-state index in [0.717, 1.165) is 37.5 Å². The molecule has 116 valence electrons. The lowest BCUT2D eigenvalue weighted by Crippen LogP contribution is -2.26. The highest BCUT2D eigenvalue weighted by molar-refractivity contribution is 5.66. The lowest BCUT2D eigenvalue weighted by atomic mass is 9.77. The summed E-state index contributed by atoms with van der Waals surface area (Å²) in [7, 11) is 0. The summed E-state index contributed by atoms with van der Waals surface area (Å²) in [5.41, 5.74) is 7.36. The Kier molecular flexibility index (Phi) is 4.40. The van der Waals surface area contributed by atoms with Crippen LogP contribution in [0.25, 0.3) is 0 Å². The first-order valence-corrected chi connectivity index (χ1v) is 7.58. The third-order valence-corrected chi connectivity index (χ3v) is 4.53. The fraction of sp³-hybridized carbons (Fsp3) is 0.625.